The maximum Gasteiger partial charge on any atom is 0.128 e. The van der Waals surface area contributed by atoms with E-state index in [1.165, 1.54) is 0 Å². The Bertz CT molecular complexity index is 814. The minimum absolute atomic E-state index is 0.517. The van der Waals surface area contributed by atoms with Gasteiger partial charge >= 0.3 is 0 Å². The van der Waals surface area contributed by atoms with E-state index in [2.05, 4.69) is 27.9 Å². The van der Waals surface area contributed by atoms with Crippen molar-refractivity contribution < 1.29 is 4.21 Å². The minimum atomic E-state index is -1.03. The summed E-state index contributed by atoms with van der Waals surface area (Å²) in [4.78, 5) is 5.23. The second-order valence-corrected chi connectivity index (χ2v) is 6.94. The molecule has 0 aliphatic heterocycles. The molecule has 0 radical (unpaired) electrons. The average Bonchev–Trinajstić information content (AvgIpc) is 3.08. The minimum Gasteiger partial charge on any atom is -0.378 e. The molecule has 124 valence electrons. The van der Waals surface area contributed by atoms with Gasteiger partial charge in [-0.25, -0.2) is 4.98 Å². The first-order chi connectivity index (χ1) is 11.8. The topological polar surface area (TPSA) is 46.9 Å². The van der Waals surface area contributed by atoms with Crippen molar-refractivity contribution in [3.05, 3.63) is 78.4 Å². The van der Waals surface area contributed by atoms with Crippen molar-refractivity contribution in [1.82, 2.24) is 9.55 Å². The van der Waals surface area contributed by atoms with Gasteiger partial charge in [0, 0.05) is 29.5 Å². The largest absolute Gasteiger partial charge is 0.378 e. The van der Waals surface area contributed by atoms with Crippen molar-refractivity contribution >= 4 is 16.5 Å². The number of aryl methyl sites for hydroxylation is 1. The van der Waals surface area contributed by atoms with Crippen LogP contribution in [0.2, 0.25) is 0 Å². The molecule has 3 aromatic rings. The molecule has 3 rings (SSSR count). The first kappa shape index (κ1) is 16.5. The van der Waals surface area contributed by atoms with Crippen LogP contribution >= 0.6 is 0 Å². The Hall–Kier alpha value is -2.40. The van der Waals surface area contributed by atoms with Crippen LogP contribution in [0.1, 0.15) is 18.3 Å². The molecule has 24 heavy (non-hydrogen) atoms. The van der Waals surface area contributed by atoms with Gasteiger partial charge in [0.05, 0.1) is 23.1 Å². The second-order valence-electron chi connectivity index (χ2n) is 5.49. The zero-order valence-corrected chi connectivity index (χ0v) is 14.5. The van der Waals surface area contributed by atoms with Crippen LogP contribution in [0.4, 0.5) is 5.69 Å². The molecule has 0 saturated carbocycles. The van der Waals surface area contributed by atoms with Crippen LogP contribution in [0.25, 0.3) is 0 Å². The molecule has 1 heterocycles. The van der Waals surface area contributed by atoms with E-state index in [1.807, 2.05) is 60.9 Å². The molecule has 1 N–H and O–H groups in total. The fourth-order valence-corrected chi connectivity index (χ4v) is 3.66. The molecule has 5 heteroatoms. The lowest BCUT2D eigenvalue weighted by Crippen LogP contribution is -2.07. The lowest BCUT2D eigenvalue weighted by molar-refractivity contribution is 0.682. The van der Waals surface area contributed by atoms with Gasteiger partial charge in [-0.3, -0.25) is 4.21 Å². The molecule has 4 nitrogen and oxygen atoms in total. The Labute approximate surface area is 145 Å². The number of nitrogens with one attached hydrogen (secondary N) is 1. The van der Waals surface area contributed by atoms with Crippen LogP contribution in [0.5, 0.6) is 0 Å². The fourth-order valence-electron chi connectivity index (χ4n) is 2.55. The van der Waals surface area contributed by atoms with Gasteiger partial charge in [0.15, 0.2) is 0 Å². The normalized spacial score (nSPS) is 12.0. The summed E-state index contributed by atoms with van der Waals surface area (Å²) in [7, 11) is -1.03. The number of hydrogen-bond donors (Lipinski definition) is 1. The lowest BCUT2D eigenvalue weighted by Gasteiger charge is -2.09. The highest BCUT2D eigenvalue weighted by Crippen LogP contribution is 2.16. The summed E-state index contributed by atoms with van der Waals surface area (Å²) in [5.74, 6) is 1.53. The van der Waals surface area contributed by atoms with Crippen molar-refractivity contribution in [2.24, 2.45) is 0 Å². The lowest BCUT2D eigenvalue weighted by atomic mass is 10.2. The van der Waals surface area contributed by atoms with Crippen LogP contribution in [0.3, 0.4) is 0 Å². The molecule has 0 unspecified atom stereocenters. The molecule has 0 spiro atoms. The predicted molar refractivity (Wildman–Crippen MR) is 98.2 cm³/mol. The molecule has 0 saturated heterocycles. The van der Waals surface area contributed by atoms with Gasteiger partial charge < -0.3 is 9.88 Å². The van der Waals surface area contributed by atoms with Crippen LogP contribution < -0.4 is 5.32 Å². The van der Waals surface area contributed by atoms with Gasteiger partial charge in [0.2, 0.25) is 0 Å². The first-order valence-electron chi connectivity index (χ1n) is 8.02. The molecule has 2 aromatic carbocycles. The van der Waals surface area contributed by atoms with Crippen LogP contribution in [-0.2, 0) is 29.6 Å². The van der Waals surface area contributed by atoms with Crippen molar-refractivity contribution in [3.63, 3.8) is 0 Å². The first-order valence-corrected chi connectivity index (χ1v) is 9.34. The van der Waals surface area contributed by atoms with Crippen LogP contribution in [-0.4, -0.2) is 13.8 Å². The van der Waals surface area contributed by atoms with Gasteiger partial charge in [-0.05, 0) is 36.8 Å². The Balaban J connectivity index is 1.65. The quantitative estimate of drug-likeness (QED) is 0.712. The average molecular weight is 339 g/mol. The Kier molecular flexibility index (Phi) is 5.43. The zero-order valence-electron chi connectivity index (χ0n) is 13.7. The summed E-state index contributed by atoms with van der Waals surface area (Å²) >= 11 is 0. The molecule has 0 amide bonds. The Morgan fingerprint density at radius 3 is 2.75 bits per heavy atom. The van der Waals surface area contributed by atoms with Crippen LogP contribution in [0.15, 0.2) is 71.9 Å². The van der Waals surface area contributed by atoms with Crippen molar-refractivity contribution in [2.75, 3.05) is 5.32 Å². The Morgan fingerprint density at radius 2 is 1.96 bits per heavy atom. The number of rotatable bonds is 7. The number of benzene rings is 2. The predicted octanol–water partition coefficient (Wildman–Crippen LogP) is 3.82. The molecule has 0 fully saturated rings. The third kappa shape index (κ3) is 4.11. The van der Waals surface area contributed by atoms with E-state index in [9.17, 15) is 4.21 Å². The van der Waals surface area contributed by atoms with E-state index in [-0.39, 0.29) is 0 Å². The van der Waals surface area contributed by atoms with E-state index in [1.54, 1.807) is 0 Å². The Morgan fingerprint density at radius 1 is 1.12 bits per heavy atom. The highest BCUT2D eigenvalue weighted by Gasteiger charge is 2.06. The van der Waals surface area contributed by atoms with E-state index >= 15 is 0 Å². The standard InChI is InChI=1S/C19H21N3OS/c1-2-22-12-11-20-19(22)14-21-17-8-6-7-16(13-17)15-24(23)18-9-4-3-5-10-18/h3-13,21H,2,14-15H2,1H3/t24-/m0/s1. The molecule has 1 atom stereocenters. The number of anilines is 1. The highest BCUT2D eigenvalue weighted by molar-refractivity contribution is 7.84. The highest BCUT2D eigenvalue weighted by atomic mass is 32.2. The van der Waals surface area contributed by atoms with E-state index in [0.717, 1.165) is 28.5 Å². The smallest absolute Gasteiger partial charge is 0.128 e. The zero-order chi connectivity index (χ0) is 16.8. The third-order valence-electron chi connectivity index (χ3n) is 3.82. The van der Waals surface area contributed by atoms with Crippen LogP contribution in [0, 0.1) is 0 Å². The molecule has 1 aromatic heterocycles. The summed E-state index contributed by atoms with van der Waals surface area (Å²) in [5.41, 5.74) is 2.07. The van der Waals surface area contributed by atoms with E-state index in [4.69, 9.17) is 0 Å². The summed E-state index contributed by atoms with van der Waals surface area (Å²) in [5, 5.41) is 3.39. The SMILES string of the molecule is CCn1ccnc1CNc1cccc(C[S@](=O)c2ccccc2)c1. The van der Waals surface area contributed by atoms with Gasteiger partial charge in [0.25, 0.3) is 0 Å². The monoisotopic (exact) mass is 339 g/mol. The van der Waals surface area contributed by atoms with Gasteiger partial charge in [-0.2, -0.15) is 0 Å². The van der Waals surface area contributed by atoms with Gasteiger partial charge in [-0.1, -0.05) is 30.3 Å². The molecular formula is C19H21N3OS. The van der Waals surface area contributed by atoms with E-state index < -0.39 is 10.8 Å². The summed E-state index contributed by atoms with van der Waals surface area (Å²) in [6, 6.07) is 17.7. The van der Waals surface area contributed by atoms with Crippen molar-refractivity contribution in [2.45, 2.75) is 30.7 Å². The summed E-state index contributed by atoms with van der Waals surface area (Å²) < 4.78 is 14.5. The molecular weight excluding hydrogens is 318 g/mol. The number of imidazole rings is 1. The number of aromatic nitrogens is 2. The molecule has 0 aliphatic carbocycles. The maximum atomic E-state index is 12.4. The van der Waals surface area contributed by atoms with Gasteiger partial charge in [0.1, 0.15) is 5.82 Å². The van der Waals surface area contributed by atoms with Crippen molar-refractivity contribution in [3.8, 4) is 0 Å². The van der Waals surface area contributed by atoms with Gasteiger partial charge in [-0.15, -0.1) is 0 Å². The maximum absolute atomic E-state index is 12.4. The number of hydrogen-bond acceptors (Lipinski definition) is 3. The summed E-state index contributed by atoms with van der Waals surface area (Å²) in [6.45, 7) is 3.68. The summed E-state index contributed by atoms with van der Waals surface area (Å²) in [6.07, 6.45) is 3.80. The second kappa shape index (κ2) is 7.93. The number of nitrogens with zero attached hydrogens (tertiary/aromatic N) is 2. The third-order valence-corrected chi connectivity index (χ3v) is 5.22. The molecule has 0 bridgehead atoms. The molecule has 0 aliphatic rings. The van der Waals surface area contributed by atoms with Crippen molar-refractivity contribution in [1.29, 1.82) is 0 Å². The van der Waals surface area contributed by atoms with E-state index in [0.29, 0.717) is 12.3 Å². The fraction of sp³-hybridized carbons (Fsp3) is 0.211.